The van der Waals surface area contributed by atoms with Gasteiger partial charge in [-0.15, -0.1) is 0 Å². The first-order chi connectivity index (χ1) is 14.8. The van der Waals surface area contributed by atoms with Crippen LogP contribution in [0.1, 0.15) is 56.0 Å². The van der Waals surface area contributed by atoms with Crippen molar-refractivity contribution in [2.45, 2.75) is 68.8 Å². The Morgan fingerprint density at radius 2 is 1.74 bits per heavy atom. The number of hydrogen-bond donors (Lipinski definition) is 2. The van der Waals surface area contributed by atoms with Crippen LogP contribution in [0.5, 0.6) is 0 Å². The second-order valence-electron chi connectivity index (χ2n) is 8.43. The van der Waals surface area contributed by atoms with Gasteiger partial charge in [0.1, 0.15) is 0 Å². The monoisotopic (exact) mass is 439 g/mol. The van der Waals surface area contributed by atoms with Crippen LogP contribution in [0.3, 0.4) is 0 Å². The first-order valence-electron chi connectivity index (χ1n) is 11.0. The molecule has 2 unspecified atom stereocenters. The summed E-state index contributed by atoms with van der Waals surface area (Å²) in [4.78, 5) is 28.9. The van der Waals surface area contributed by atoms with Gasteiger partial charge in [-0.2, -0.15) is 0 Å². The van der Waals surface area contributed by atoms with Crippen LogP contribution in [0, 0.1) is 6.92 Å². The van der Waals surface area contributed by atoms with E-state index in [1.165, 1.54) is 31.7 Å². The van der Waals surface area contributed by atoms with E-state index in [1.807, 2.05) is 12.1 Å². The van der Waals surface area contributed by atoms with Gasteiger partial charge >= 0.3 is 0 Å². The molecule has 2 atom stereocenters. The Labute approximate surface area is 190 Å². The van der Waals surface area contributed by atoms with E-state index in [1.54, 1.807) is 17.8 Å². The molecule has 1 aliphatic rings. The molecular weight excluding hydrogens is 406 g/mol. The number of amides is 2. The zero-order chi connectivity index (χ0) is 22.4. The first kappa shape index (κ1) is 23.4. The number of aryl methyl sites for hydroxylation is 1. The Hall–Kier alpha value is -2.31. The molecule has 6 heteroatoms. The number of carbonyl (C=O) groups excluding carboxylic acids is 2. The van der Waals surface area contributed by atoms with Crippen LogP contribution < -0.4 is 10.6 Å². The number of benzene rings is 2. The van der Waals surface area contributed by atoms with Crippen LogP contribution in [-0.2, 0) is 4.79 Å². The summed E-state index contributed by atoms with van der Waals surface area (Å²) in [6, 6.07) is 14.8. The quantitative estimate of drug-likeness (QED) is 0.630. The van der Waals surface area contributed by atoms with E-state index in [4.69, 9.17) is 0 Å². The molecule has 0 saturated carbocycles. The largest absolute Gasteiger partial charge is 0.351 e. The molecule has 166 valence electrons. The van der Waals surface area contributed by atoms with Crippen molar-refractivity contribution in [1.82, 2.24) is 10.2 Å². The van der Waals surface area contributed by atoms with Gasteiger partial charge in [-0.05, 0) is 63.9 Å². The van der Waals surface area contributed by atoms with E-state index in [0.717, 1.165) is 16.3 Å². The number of hydrogen-bond acceptors (Lipinski definition) is 4. The molecule has 0 bridgehead atoms. The first-order valence-corrected chi connectivity index (χ1v) is 11.8. The van der Waals surface area contributed by atoms with E-state index in [9.17, 15) is 9.59 Å². The molecule has 1 aliphatic heterocycles. The molecule has 5 nitrogen and oxygen atoms in total. The van der Waals surface area contributed by atoms with Gasteiger partial charge in [0.25, 0.3) is 5.91 Å². The highest BCUT2D eigenvalue weighted by Crippen LogP contribution is 2.34. The van der Waals surface area contributed by atoms with Crippen LogP contribution in [0.2, 0.25) is 0 Å². The zero-order valence-electron chi connectivity index (χ0n) is 18.9. The van der Waals surface area contributed by atoms with Gasteiger partial charge in [0.05, 0.1) is 5.69 Å². The van der Waals surface area contributed by atoms with Gasteiger partial charge in [0.2, 0.25) is 5.91 Å². The normalized spacial score (nSPS) is 19.1. The highest BCUT2D eigenvalue weighted by molar-refractivity contribution is 7.99. The van der Waals surface area contributed by atoms with Crippen LogP contribution in [0.4, 0.5) is 5.69 Å². The van der Waals surface area contributed by atoms with Crippen molar-refractivity contribution in [1.29, 1.82) is 0 Å². The highest BCUT2D eigenvalue weighted by atomic mass is 32.2. The summed E-state index contributed by atoms with van der Waals surface area (Å²) in [6.07, 6.45) is 3.72. The highest BCUT2D eigenvalue weighted by Gasteiger charge is 2.24. The summed E-state index contributed by atoms with van der Waals surface area (Å²) >= 11 is 1.57. The Bertz CT molecular complexity index is 903. The molecule has 2 aromatic rings. The predicted molar refractivity (Wildman–Crippen MR) is 128 cm³/mol. The Balaban J connectivity index is 1.66. The summed E-state index contributed by atoms with van der Waals surface area (Å²) in [5.41, 5.74) is 2.41. The molecule has 31 heavy (non-hydrogen) atoms. The SMILES string of the molecule is CC(=O)Nc1cc(C(=O)NCCN2C(C)CCCC2C)ccc1Sc1ccc(C)cc1. The van der Waals surface area contributed by atoms with Crippen LogP contribution >= 0.6 is 11.8 Å². The van der Waals surface area contributed by atoms with E-state index in [2.05, 4.69) is 60.6 Å². The second kappa shape index (κ2) is 10.8. The Kier molecular flexibility index (Phi) is 8.15. The smallest absolute Gasteiger partial charge is 0.251 e. The van der Waals surface area contributed by atoms with Gasteiger partial charge in [0.15, 0.2) is 0 Å². The second-order valence-corrected chi connectivity index (χ2v) is 9.55. The van der Waals surface area contributed by atoms with Crippen molar-refractivity contribution in [2.24, 2.45) is 0 Å². The number of nitrogens with one attached hydrogen (secondary N) is 2. The average Bonchev–Trinajstić information content (AvgIpc) is 2.72. The molecule has 0 spiro atoms. The van der Waals surface area contributed by atoms with Gasteiger partial charge in [-0.3, -0.25) is 14.5 Å². The number of rotatable bonds is 7. The van der Waals surface area contributed by atoms with E-state index < -0.39 is 0 Å². The minimum absolute atomic E-state index is 0.115. The summed E-state index contributed by atoms with van der Waals surface area (Å²) in [6.45, 7) is 9.53. The fraction of sp³-hybridized carbons (Fsp3) is 0.440. The summed E-state index contributed by atoms with van der Waals surface area (Å²) < 4.78 is 0. The van der Waals surface area contributed by atoms with Crippen molar-refractivity contribution >= 4 is 29.3 Å². The minimum Gasteiger partial charge on any atom is -0.351 e. The molecule has 1 saturated heterocycles. The molecule has 1 fully saturated rings. The van der Waals surface area contributed by atoms with Crippen molar-refractivity contribution in [3.05, 3.63) is 53.6 Å². The molecule has 1 heterocycles. The molecule has 3 rings (SSSR count). The third-order valence-electron chi connectivity index (χ3n) is 5.83. The summed E-state index contributed by atoms with van der Waals surface area (Å²) in [5, 5.41) is 5.91. The molecule has 2 aromatic carbocycles. The number of piperidine rings is 1. The molecule has 0 aromatic heterocycles. The predicted octanol–water partition coefficient (Wildman–Crippen LogP) is 5.10. The average molecular weight is 440 g/mol. The van der Waals surface area contributed by atoms with E-state index in [-0.39, 0.29) is 11.8 Å². The lowest BCUT2D eigenvalue weighted by Gasteiger charge is -2.39. The molecule has 2 N–H and O–H groups in total. The van der Waals surface area contributed by atoms with Crippen molar-refractivity contribution < 1.29 is 9.59 Å². The zero-order valence-corrected chi connectivity index (χ0v) is 19.7. The lowest BCUT2D eigenvalue weighted by atomic mass is 9.98. The standard InChI is InChI=1S/C25H33N3O2S/c1-17-8-11-22(12-9-17)31-24-13-10-21(16-23(24)27-20(4)29)25(30)26-14-15-28-18(2)6-5-7-19(28)3/h8-13,16,18-19H,5-7,14-15H2,1-4H3,(H,26,30)(H,27,29). The van der Waals surface area contributed by atoms with Crippen molar-refractivity contribution in [3.8, 4) is 0 Å². The van der Waals surface area contributed by atoms with Crippen LogP contribution in [0.15, 0.2) is 52.3 Å². The van der Waals surface area contributed by atoms with E-state index >= 15 is 0 Å². The minimum atomic E-state index is -0.156. The Morgan fingerprint density at radius 3 is 2.39 bits per heavy atom. The topological polar surface area (TPSA) is 61.4 Å². The molecule has 2 amide bonds. The van der Waals surface area contributed by atoms with Gasteiger partial charge in [0, 0.05) is 47.5 Å². The summed E-state index contributed by atoms with van der Waals surface area (Å²) in [7, 11) is 0. The number of nitrogens with zero attached hydrogens (tertiary/aromatic N) is 1. The number of likely N-dealkylation sites (tertiary alicyclic amines) is 1. The van der Waals surface area contributed by atoms with Gasteiger partial charge in [-0.25, -0.2) is 0 Å². The lowest BCUT2D eigenvalue weighted by molar-refractivity contribution is -0.114. The summed E-state index contributed by atoms with van der Waals surface area (Å²) in [5.74, 6) is -0.271. The van der Waals surface area contributed by atoms with Crippen molar-refractivity contribution in [2.75, 3.05) is 18.4 Å². The number of carbonyl (C=O) groups is 2. The lowest BCUT2D eigenvalue weighted by Crippen LogP contribution is -2.47. The molecular formula is C25H33N3O2S. The van der Waals surface area contributed by atoms with Crippen LogP contribution in [-0.4, -0.2) is 41.9 Å². The Morgan fingerprint density at radius 1 is 1.06 bits per heavy atom. The maximum absolute atomic E-state index is 12.7. The fourth-order valence-corrected chi connectivity index (χ4v) is 4.98. The van der Waals surface area contributed by atoms with E-state index in [0.29, 0.717) is 29.9 Å². The maximum atomic E-state index is 12.7. The number of anilines is 1. The molecule has 0 radical (unpaired) electrons. The van der Waals surface area contributed by atoms with Crippen LogP contribution in [0.25, 0.3) is 0 Å². The maximum Gasteiger partial charge on any atom is 0.251 e. The molecule has 0 aliphatic carbocycles. The van der Waals surface area contributed by atoms with Gasteiger partial charge < -0.3 is 10.6 Å². The van der Waals surface area contributed by atoms with Crippen molar-refractivity contribution in [3.63, 3.8) is 0 Å². The fourth-order valence-electron chi connectivity index (χ4n) is 4.10. The van der Waals surface area contributed by atoms with Gasteiger partial charge in [-0.1, -0.05) is 35.9 Å². The third kappa shape index (κ3) is 6.58. The third-order valence-corrected chi connectivity index (χ3v) is 6.92.